The zero-order valence-electron chi connectivity index (χ0n) is 17.3. The smallest absolute Gasteiger partial charge is 0.198 e. The maximum Gasteiger partial charge on any atom is 0.198 e. The van der Waals surface area contributed by atoms with Crippen LogP contribution in [-0.2, 0) is 14.6 Å². The van der Waals surface area contributed by atoms with E-state index in [0.29, 0.717) is 22.3 Å². The molecule has 2 rings (SSSR count). The van der Waals surface area contributed by atoms with Crippen LogP contribution in [-0.4, -0.2) is 45.2 Å². The van der Waals surface area contributed by atoms with Crippen molar-refractivity contribution in [2.45, 2.75) is 79.6 Å². The molecule has 1 saturated carbocycles. The maximum absolute atomic E-state index is 13.8. The Kier molecular flexibility index (Phi) is 8.12. The number of aliphatic hydroxyl groups is 1. The normalized spacial score (nSPS) is 27.0. The summed E-state index contributed by atoms with van der Waals surface area (Å²) >= 11 is 3.62. The van der Waals surface area contributed by atoms with Gasteiger partial charge in [-0.1, -0.05) is 73.0 Å². The summed E-state index contributed by atoms with van der Waals surface area (Å²) in [5.41, 5.74) is -0.827. The van der Waals surface area contributed by atoms with Gasteiger partial charge in [0.1, 0.15) is 13.7 Å². The first-order valence-corrected chi connectivity index (χ1v) is 15.2. The van der Waals surface area contributed by atoms with Crippen LogP contribution in [0.3, 0.4) is 0 Å². The van der Waals surface area contributed by atoms with Crippen LogP contribution in [0, 0.1) is 0 Å². The first-order chi connectivity index (χ1) is 13.2. The minimum atomic E-state index is -3.64. The molecule has 0 bridgehead atoms. The Hall–Kier alpha value is -0.473. The highest BCUT2D eigenvalue weighted by Gasteiger charge is 2.47. The summed E-state index contributed by atoms with van der Waals surface area (Å²) in [4.78, 5) is -0.000741. The average molecular weight is 490 g/mol. The number of sulfone groups is 1. The minimum Gasteiger partial charge on any atom is -0.392 e. The second-order valence-corrected chi connectivity index (χ2v) is 16.2. The molecule has 0 unspecified atom stereocenters. The van der Waals surface area contributed by atoms with E-state index in [4.69, 9.17) is 4.74 Å². The molecule has 1 N–H and O–H groups in total. The first-order valence-electron chi connectivity index (χ1n) is 10.1. The molecule has 0 spiro atoms. The molecular formula is C21H33BrO4SSi. The van der Waals surface area contributed by atoms with Gasteiger partial charge in [-0.2, -0.15) is 0 Å². The fourth-order valence-electron chi connectivity index (χ4n) is 4.36. The summed E-state index contributed by atoms with van der Waals surface area (Å²) in [6.07, 6.45) is 3.48. The Morgan fingerprint density at radius 2 is 1.82 bits per heavy atom. The van der Waals surface area contributed by atoms with Crippen LogP contribution >= 0.6 is 15.9 Å². The van der Waals surface area contributed by atoms with Gasteiger partial charge < -0.3 is 9.84 Å². The Balaban J connectivity index is 2.76. The predicted molar refractivity (Wildman–Crippen MR) is 121 cm³/mol. The zero-order chi connectivity index (χ0) is 21.0. The van der Waals surface area contributed by atoms with Crippen LogP contribution in [0.1, 0.15) is 40.0 Å². The molecule has 0 saturated heterocycles. The highest BCUT2D eigenvalue weighted by molar-refractivity contribution is 9.09. The molecule has 1 aromatic rings. The van der Waals surface area contributed by atoms with E-state index in [1.165, 1.54) is 0 Å². The van der Waals surface area contributed by atoms with Crippen LogP contribution in [0.25, 0.3) is 0 Å². The third-order valence-corrected chi connectivity index (χ3v) is 16.9. The number of hydrogen-bond donors (Lipinski definition) is 1. The van der Waals surface area contributed by atoms with Crippen LogP contribution in [0.15, 0.2) is 45.8 Å². The Labute approximate surface area is 179 Å². The van der Waals surface area contributed by atoms with Crippen molar-refractivity contribution in [3.8, 4) is 0 Å². The summed E-state index contributed by atoms with van der Waals surface area (Å²) < 4.78 is 34.1. The average Bonchev–Trinajstić information content (AvgIpc) is 2.72. The highest BCUT2D eigenvalue weighted by Crippen LogP contribution is 2.43. The molecule has 4 nitrogen and oxygen atoms in total. The summed E-state index contributed by atoms with van der Waals surface area (Å²) in [5.74, 6) is 0. The number of benzene rings is 1. The molecule has 1 aromatic carbocycles. The SMILES string of the molecule is CC[Si](CC)(CC)/C(=C/[C@]1(OC)CCC[C@@H](O)[C@@H]1Br)S(=O)(=O)c1ccccc1. The number of methoxy groups -OCH3 is 1. The van der Waals surface area contributed by atoms with Gasteiger partial charge in [-0.25, -0.2) is 8.42 Å². The molecule has 28 heavy (non-hydrogen) atoms. The Bertz CT molecular complexity index is 769. The van der Waals surface area contributed by atoms with E-state index in [1.807, 2.05) is 12.1 Å². The van der Waals surface area contributed by atoms with E-state index in [0.717, 1.165) is 24.6 Å². The van der Waals surface area contributed by atoms with Gasteiger partial charge in [0.05, 0.1) is 15.8 Å². The fraction of sp³-hybridized carbons (Fsp3) is 0.619. The largest absolute Gasteiger partial charge is 0.392 e. The molecule has 7 heteroatoms. The Morgan fingerprint density at radius 1 is 1.25 bits per heavy atom. The highest BCUT2D eigenvalue weighted by atomic mass is 79.9. The first kappa shape index (κ1) is 23.8. The van der Waals surface area contributed by atoms with E-state index < -0.39 is 29.6 Å². The summed E-state index contributed by atoms with van der Waals surface area (Å²) in [7, 11) is -4.30. The molecule has 158 valence electrons. The van der Waals surface area contributed by atoms with Gasteiger partial charge >= 0.3 is 0 Å². The molecule has 3 atom stereocenters. The number of ether oxygens (including phenoxy) is 1. The van der Waals surface area contributed by atoms with Crippen molar-refractivity contribution < 1.29 is 18.3 Å². The zero-order valence-corrected chi connectivity index (χ0v) is 20.7. The van der Waals surface area contributed by atoms with Gasteiger partial charge in [-0.3, -0.25) is 0 Å². The molecule has 1 fully saturated rings. The lowest BCUT2D eigenvalue weighted by Gasteiger charge is -2.43. The maximum atomic E-state index is 13.8. The topological polar surface area (TPSA) is 63.6 Å². The standard InChI is InChI=1S/C21H33BrO4SSi/c1-5-28(6-2,7-3)19(27(24,25)17-12-9-8-10-13-17)16-21(26-4)15-11-14-18(23)20(21)22/h8-10,12-13,16,18,20,23H,5-7,11,14-15H2,1-4H3/b19-16+/t18-,20+,21-/m1/s1. The number of halogens is 1. The van der Waals surface area contributed by atoms with Crippen molar-refractivity contribution >= 4 is 33.8 Å². The third kappa shape index (κ3) is 4.33. The minimum absolute atomic E-state index is 0.335. The van der Waals surface area contributed by atoms with Crippen molar-refractivity contribution in [3.63, 3.8) is 0 Å². The van der Waals surface area contributed by atoms with Gasteiger partial charge in [-0.15, -0.1) is 0 Å². The predicted octanol–water partition coefficient (Wildman–Crippen LogP) is 5.09. The van der Waals surface area contributed by atoms with Gasteiger partial charge in [-0.05, 0) is 37.5 Å². The fourth-order valence-corrected chi connectivity index (χ4v) is 13.3. The van der Waals surface area contributed by atoms with Gasteiger partial charge in [0, 0.05) is 11.6 Å². The van der Waals surface area contributed by atoms with E-state index in [2.05, 4.69) is 36.7 Å². The second kappa shape index (κ2) is 9.56. The Morgan fingerprint density at radius 3 is 2.32 bits per heavy atom. The van der Waals surface area contributed by atoms with Crippen LogP contribution < -0.4 is 0 Å². The summed E-state index contributed by atoms with van der Waals surface area (Å²) in [6.45, 7) is 6.32. The molecule has 0 aromatic heterocycles. The van der Waals surface area contributed by atoms with Gasteiger partial charge in [0.25, 0.3) is 0 Å². The summed E-state index contributed by atoms with van der Waals surface area (Å²) in [5, 5.41) is 10.5. The second-order valence-electron chi connectivity index (χ2n) is 7.69. The number of alkyl halides is 1. The van der Waals surface area contributed by atoms with E-state index >= 15 is 0 Å². The van der Waals surface area contributed by atoms with Crippen molar-refractivity contribution in [1.82, 2.24) is 0 Å². The lowest BCUT2D eigenvalue weighted by atomic mass is 9.83. The van der Waals surface area contributed by atoms with Crippen molar-refractivity contribution in [2.75, 3.05) is 7.11 Å². The van der Waals surface area contributed by atoms with Crippen LogP contribution in [0.2, 0.25) is 18.1 Å². The van der Waals surface area contributed by atoms with Crippen molar-refractivity contribution in [1.29, 1.82) is 0 Å². The molecular weight excluding hydrogens is 456 g/mol. The lowest BCUT2D eigenvalue weighted by molar-refractivity contribution is -0.0325. The lowest BCUT2D eigenvalue weighted by Crippen LogP contribution is -2.50. The summed E-state index contributed by atoms with van der Waals surface area (Å²) in [6, 6.07) is 11.3. The molecule has 1 aliphatic carbocycles. The van der Waals surface area contributed by atoms with E-state index in [9.17, 15) is 13.5 Å². The van der Waals surface area contributed by atoms with Gasteiger partial charge in [0.15, 0.2) is 9.84 Å². The third-order valence-electron chi connectivity index (χ3n) is 6.52. The molecule has 0 aliphatic heterocycles. The molecule has 0 heterocycles. The van der Waals surface area contributed by atoms with Crippen LogP contribution in [0.4, 0.5) is 0 Å². The van der Waals surface area contributed by atoms with E-state index in [-0.39, 0.29) is 4.83 Å². The molecule has 1 aliphatic rings. The molecule has 0 amide bonds. The quantitative estimate of drug-likeness (QED) is 0.408. The monoisotopic (exact) mass is 488 g/mol. The van der Waals surface area contributed by atoms with E-state index in [1.54, 1.807) is 31.4 Å². The van der Waals surface area contributed by atoms with Crippen LogP contribution in [0.5, 0.6) is 0 Å². The van der Waals surface area contributed by atoms with Crippen molar-refractivity contribution in [3.05, 3.63) is 40.9 Å². The number of hydrogen-bond acceptors (Lipinski definition) is 4. The number of rotatable bonds is 8. The van der Waals surface area contributed by atoms with Crippen molar-refractivity contribution in [2.24, 2.45) is 0 Å². The van der Waals surface area contributed by atoms with Gasteiger partial charge in [0.2, 0.25) is 0 Å². The molecule has 0 radical (unpaired) electrons. The number of aliphatic hydroxyl groups excluding tert-OH is 1.